The summed E-state index contributed by atoms with van der Waals surface area (Å²) < 4.78 is 0. The summed E-state index contributed by atoms with van der Waals surface area (Å²) in [6, 6.07) is 10.9. The highest BCUT2D eigenvalue weighted by atomic mass is 16.3. The Morgan fingerprint density at radius 3 is 2.42 bits per heavy atom. The number of H-pyrrole nitrogens is 1. The molecule has 1 heterocycles. The maximum atomic E-state index is 13.1. The summed E-state index contributed by atoms with van der Waals surface area (Å²) >= 11 is 0. The number of carbonyl (C=O) groups is 3. The number of amides is 2. The number of hydrogen-bond acceptors (Lipinski definition) is 6. The molecule has 0 spiro atoms. The molecule has 0 saturated carbocycles. The first-order valence-corrected chi connectivity index (χ1v) is 10.6. The number of aromatic amines is 1. The van der Waals surface area contributed by atoms with E-state index in [0.717, 1.165) is 22.2 Å². The Balaban J connectivity index is 1.78. The number of para-hydroxylation sites is 1. The molecule has 0 bridgehead atoms. The largest absolute Gasteiger partial charge is 0.508 e. The predicted octanol–water partition coefficient (Wildman–Crippen LogP) is 0.455. The van der Waals surface area contributed by atoms with Crippen LogP contribution in [0, 0.1) is 6.92 Å². The number of aliphatic hydroxyl groups is 1. The van der Waals surface area contributed by atoms with E-state index in [1.165, 1.54) is 12.1 Å². The Labute approximate surface area is 191 Å². The number of phenols is 1. The quantitative estimate of drug-likeness (QED) is 0.245. The Hall–Kier alpha value is -3.69. The summed E-state index contributed by atoms with van der Waals surface area (Å²) in [4.78, 5) is 40.4. The molecule has 9 nitrogen and oxygen atoms in total. The first-order chi connectivity index (χ1) is 15.8. The highest BCUT2D eigenvalue weighted by Gasteiger charge is 2.26. The maximum absolute atomic E-state index is 13.1. The van der Waals surface area contributed by atoms with E-state index in [2.05, 4.69) is 15.6 Å². The average Bonchev–Trinajstić information content (AvgIpc) is 3.13. The number of rotatable bonds is 10. The fourth-order valence-electron chi connectivity index (χ4n) is 3.67. The monoisotopic (exact) mass is 452 g/mol. The van der Waals surface area contributed by atoms with E-state index in [-0.39, 0.29) is 18.6 Å². The van der Waals surface area contributed by atoms with Crippen LogP contribution >= 0.6 is 0 Å². The number of benzene rings is 2. The number of aldehydes is 1. The zero-order valence-corrected chi connectivity index (χ0v) is 18.2. The van der Waals surface area contributed by atoms with Gasteiger partial charge in [0.25, 0.3) is 0 Å². The molecule has 0 aliphatic rings. The summed E-state index contributed by atoms with van der Waals surface area (Å²) in [5, 5.41) is 24.9. The molecule has 1 aromatic heterocycles. The Morgan fingerprint density at radius 1 is 1.06 bits per heavy atom. The molecular formula is C24H28N4O5. The van der Waals surface area contributed by atoms with Crippen LogP contribution < -0.4 is 16.4 Å². The van der Waals surface area contributed by atoms with E-state index < -0.39 is 36.5 Å². The SMILES string of the molecule is Cc1[nH]c2ccccc2c1C[C@H](C=O)NC(=O)[C@H](Cc1ccc(O)cc1)NC(=O)[C@@H](N)CO. The molecule has 33 heavy (non-hydrogen) atoms. The number of phenolic OH excluding ortho intramolecular Hbond substituents is 1. The van der Waals surface area contributed by atoms with Crippen LogP contribution in [-0.4, -0.2) is 58.0 Å². The van der Waals surface area contributed by atoms with E-state index in [0.29, 0.717) is 11.8 Å². The number of aromatic nitrogens is 1. The Morgan fingerprint density at radius 2 is 1.76 bits per heavy atom. The second kappa shape index (κ2) is 10.8. The van der Waals surface area contributed by atoms with Crippen molar-refractivity contribution in [2.75, 3.05) is 6.61 Å². The third-order valence-corrected chi connectivity index (χ3v) is 5.49. The van der Waals surface area contributed by atoms with Crippen molar-refractivity contribution in [3.05, 3.63) is 65.4 Å². The number of aromatic hydroxyl groups is 1. The normalized spacial score (nSPS) is 13.8. The number of carbonyl (C=O) groups excluding carboxylic acids is 3. The van der Waals surface area contributed by atoms with Crippen LogP contribution in [0.2, 0.25) is 0 Å². The van der Waals surface area contributed by atoms with Crippen LogP contribution in [0.5, 0.6) is 5.75 Å². The number of nitrogens with two attached hydrogens (primary N) is 1. The molecular weight excluding hydrogens is 424 g/mol. The minimum absolute atomic E-state index is 0.0706. The van der Waals surface area contributed by atoms with Crippen LogP contribution in [0.25, 0.3) is 10.9 Å². The summed E-state index contributed by atoms with van der Waals surface area (Å²) in [6.07, 6.45) is 1.05. The fraction of sp³-hybridized carbons (Fsp3) is 0.292. The van der Waals surface area contributed by atoms with Gasteiger partial charge in [0.15, 0.2) is 0 Å². The van der Waals surface area contributed by atoms with Crippen LogP contribution in [0.4, 0.5) is 0 Å². The van der Waals surface area contributed by atoms with Gasteiger partial charge in [-0.1, -0.05) is 30.3 Å². The van der Waals surface area contributed by atoms with Crippen LogP contribution in [-0.2, 0) is 27.2 Å². The predicted molar refractivity (Wildman–Crippen MR) is 124 cm³/mol. The van der Waals surface area contributed by atoms with Gasteiger partial charge in [-0.05, 0) is 36.2 Å². The van der Waals surface area contributed by atoms with Crippen molar-refractivity contribution in [1.29, 1.82) is 0 Å². The van der Waals surface area contributed by atoms with E-state index in [1.54, 1.807) is 12.1 Å². The molecule has 0 unspecified atom stereocenters. The van der Waals surface area contributed by atoms with Gasteiger partial charge in [0, 0.05) is 29.4 Å². The highest BCUT2D eigenvalue weighted by molar-refractivity contribution is 5.91. The maximum Gasteiger partial charge on any atom is 0.243 e. The van der Waals surface area contributed by atoms with Gasteiger partial charge < -0.3 is 36.4 Å². The molecule has 174 valence electrons. The van der Waals surface area contributed by atoms with Gasteiger partial charge in [-0.25, -0.2) is 0 Å². The third-order valence-electron chi connectivity index (χ3n) is 5.49. The van der Waals surface area contributed by atoms with Gasteiger partial charge in [-0.3, -0.25) is 9.59 Å². The number of nitrogens with one attached hydrogen (secondary N) is 3. The Kier molecular flexibility index (Phi) is 7.81. The summed E-state index contributed by atoms with van der Waals surface area (Å²) in [5.41, 5.74) is 9.03. The lowest BCUT2D eigenvalue weighted by atomic mass is 10.0. The van der Waals surface area contributed by atoms with Crippen molar-refractivity contribution in [2.45, 2.75) is 37.9 Å². The lowest BCUT2D eigenvalue weighted by Crippen LogP contribution is -2.55. The minimum Gasteiger partial charge on any atom is -0.508 e. The summed E-state index contributed by atoms with van der Waals surface area (Å²) in [6.45, 7) is 1.33. The molecule has 0 aliphatic heterocycles. The number of aryl methyl sites for hydroxylation is 1. The fourth-order valence-corrected chi connectivity index (χ4v) is 3.67. The molecule has 7 N–H and O–H groups in total. The molecule has 2 aromatic carbocycles. The van der Waals surface area contributed by atoms with Gasteiger partial charge in [0.1, 0.15) is 24.1 Å². The Bertz CT molecular complexity index is 1130. The lowest BCUT2D eigenvalue weighted by Gasteiger charge is -2.22. The molecule has 2 amide bonds. The smallest absolute Gasteiger partial charge is 0.243 e. The molecule has 0 aliphatic carbocycles. The zero-order chi connectivity index (χ0) is 24.0. The first-order valence-electron chi connectivity index (χ1n) is 10.6. The van der Waals surface area contributed by atoms with Crippen molar-refractivity contribution >= 4 is 29.0 Å². The van der Waals surface area contributed by atoms with Gasteiger partial charge in [-0.15, -0.1) is 0 Å². The second-order valence-electron chi connectivity index (χ2n) is 7.95. The topological polar surface area (TPSA) is 158 Å². The average molecular weight is 453 g/mol. The number of aliphatic hydroxyl groups excluding tert-OH is 1. The highest BCUT2D eigenvalue weighted by Crippen LogP contribution is 2.23. The van der Waals surface area contributed by atoms with Crippen molar-refractivity contribution in [2.24, 2.45) is 5.73 Å². The van der Waals surface area contributed by atoms with Gasteiger partial charge in [0.05, 0.1) is 12.6 Å². The number of fused-ring (bicyclic) bond motifs is 1. The van der Waals surface area contributed by atoms with Crippen LogP contribution in [0.3, 0.4) is 0 Å². The number of hydrogen-bond donors (Lipinski definition) is 6. The molecule has 0 saturated heterocycles. The van der Waals surface area contributed by atoms with Crippen LogP contribution in [0.1, 0.15) is 16.8 Å². The van der Waals surface area contributed by atoms with Crippen molar-refractivity contribution in [3.63, 3.8) is 0 Å². The van der Waals surface area contributed by atoms with Crippen molar-refractivity contribution in [1.82, 2.24) is 15.6 Å². The van der Waals surface area contributed by atoms with Crippen molar-refractivity contribution < 1.29 is 24.6 Å². The molecule has 0 radical (unpaired) electrons. The van der Waals surface area contributed by atoms with Gasteiger partial charge in [-0.2, -0.15) is 0 Å². The molecule has 3 rings (SSSR count). The van der Waals surface area contributed by atoms with E-state index in [9.17, 15) is 19.5 Å². The zero-order valence-electron chi connectivity index (χ0n) is 18.2. The molecule has 9 heteroatoms. The third kappa shape index (κ3) is 5.97. The summed E-state index contributed by atoms with van der Waals surface area (Å²) in [5.74, 6) is -1.18. The minimum atomic E-state index is -1.18. The first kappa shape index (κ1) is 24.0. The van der Waals surface area contributed by atoms with Gasteiger partial charge in [0.2, 0.25) is 11.8 Å². The lowest BCUT2D eigenvalue weighted by molar-refractivity contribution is -0.131. The van der Waals surface area contributed by atoms with E-state index in [1.807, 2.05) is 31.2 Å². The van der Waals surface area contributed by atoms with Gasteiger partial charge >= 0.3 is 0 Å². The van der Waals surface area contributed by atoms with Crippen molar-refractivity contribution in [3.8, 4) is 5.75 Å². The van der Waals surface area contributed by atoms with Crippen LogP contribution in [0.15, 0.2) is 48.5 Å². The second-order valence-corrected chi connectivity index (χ2v) is 7.95. The van der Waals surface area contributed by atoms with E-state index in [4.69, 9.17) is 10.8 Å². The molecule has 0 fully saturated rings. The molecule has 3 atom stereocenters. The van der Waals surface area contributed by atoms with E-state index >= 15 is 0 Å². The molecule has 3 aromatic rings. The standard InChI is InChI=1S/C24H28N4O5/c1-14-19(18-4-2-3-5-21(18)26-14)11-16(12-29)27-24(33)22(28-23(32)20(25)13-30)10-15-6-8-17(31)9-7-15/h2-9,12,16,20,22,26,30-31H,10-11,13,25H2,1H3,(H,27,33)(H,28,32)/t16-,20+,22+/m1/s1. The summed E-state index contributed by atoms with van der Waals surface area (Å²) in [7, 11) is 0.